The van der Waals surface area contributed by atoms with Gasteiger partial charge in [0.2, 0.25) is 0 Å². The Labute approximate surface area is 127 Å². The first-order valence-electron chi connectivity index (χ1n) is 7.11. The van der Waals surface area contributed by atoms with E-state index in [0.717, 1.165) is 0 Å². The zero-order valence-electron chi connectivity index (χ0n) is 13.4. The summed E-state index contributed by atoms with van der Waals surface area (Å²) in [6.07, 6.45) is 4.62. The molecule has 0 bridgehead atoms. The Hall–Kier alpha value is -1.17. The van der Waals surface area contributed by atoms with Crippen molar-refractivity contribution in [3.05, 3.63) is 25.3 Å². The second-order valence-corrected chi connectivity index (χ2v) is 4.87. The Morgan fingerprint density at radius 1 is 1.19 bits per heavy atom. The fourth-order valence-electron chi connectivity index (χ4n) is 1.89. The lowest BCUT2D eigenvalue weighted by Crippen LogP contribution is -2.21. The molecule has 122 valence electrons. The molecule has 0 saturated heterocycles. The summed E-state index contributed by atoms with van der Waals surface area (Å²) >= 11 is 0. The number of carbonyl (C=O) groups excluding carboxylic acids is 1. The highest BCUT2D eigenvalue weighted by molar-refractivity contribution is 5.69. The van der Waals surface area contributed by atoms with E-state index in [1.807, 2.05) is 13.0 Å². The summed E-state index contributed by atoms with van der Waals surface area (Å²) in [5, 5.41) is 0. The third-order valence-electron chi connectivity index (χ3n) is 2.98. The second-order valence-electron chi connectivity index (χ2n) is 4.87. The zero-order valence-corrected chi connectivity index (χ0v) is 13.4. The van der Waals surface area contributed by atoms with E-state index in [1.54, 1.807) is 20.3 Å². The van der Waals surface area contributed by atoms with Gasteiger partial charge in [-0.05, 0) is 19.8 Å². The topological polar surface area (TPSA) is 54.0 Å². The smallest absolute Gasteiger partial charge is 0.306 e. The lowest BCUT2D eigenvalue weighted by atomic mass is 10.0. The molecule has 0 aromatic heterocycles. The first-order chi connectivity index (χ1) is 10.1. The number of hydrogen-bond acceptors (Lipinski definition) is 5. The summed E-state index contributed by atoms with van der Waals surface area (Å²) < 4.78 is 20.6. The number of hydrogen-bond donors (Lipinski definition) is 0. The molecule has 0 radical (unpaired) electrons. The van der Waals surface area contributed by atoms with Gasteiger partial charge < -0.3 is 18.9 Å². The standard InChI is InChI=1S/C16H28O5/c1-6-14(11-18-4)10-13(3)21-16(17)9-8-15(7-2)20-12-19-5/h6-7,13-15H,1-2,8-12H2,3-5H3/t13-,14-,15-/m1/s1. The fourth-order valence-corrected chi connectivity index (χ4v) is 1.89. The Morgan fingerprint density at radius 3 is 2.43 bits per heavy atom. The summed E-state index contributed by atoms with van der Waals surface area (Å²) in [5.74, 6) is -0.0562. The van der Waals surface area contributed by atoms with Crippen LogP contribution >= 0.6 is 0 Å². The van der Waals surface area contributed by atoms with Gasteiger partial charge in [0.25, 0.3) is 0 Å². The molecule has 0 saturated carbocycles. The van der Waals surface area contributed by atoms with Crippen molar-refractivity contribution in [3.63, 3.8) is 0 Å². The average Bonchev–Trinajstić information content (AvgIpc) is 2.46. The number of carbonyl (C=O) groups is 1. The van der Waals surface area contributed by atoms with Crippen LogP contribution < -0.4 is 0 Å². The molecule has 0 heterocycles. The summed E-state index contributed by atoms with van der Waals surface area (Å²) in [4.78, 5) is 11.8. The van der Waals surface area contributed by atoms with Crippen LogP contribution in [0.3, 0.4) is 0 Å². The first-order valence-corrected chi connectivity index (χ1v) is 7.11. The summed E-state index contributed by atoms with van der Waals surface area (Å²) in [5.41, 5.74) is 0. The van der Waals surface area contributed by atoms with Crippen molar-refractivity contribution >= 4 is 5.97 Å². The Morgan fingerprint density at radius 2 is 1.90 bits per heavy atom. The highest BCUT2D eigenvalue weighted by atomic mass is 16.7. The van der Waals surface area contributed by atoms with Gasteiger partial charge >= 0.3 is 5.97 Å². The maximum Gasteiger partial charge on any atom is 0.306 e. The van der Waals surface area contributed by atoms with Gasteiger partial charge in [0.05, 0.1) is 18.8 Å². The molecule has 0 aliphatic carbocycles. The number of rotatable bonds is 13. The van der Waals surface area contributed by atoms with Crippen molar-refractivity contribution in [3.8, 4) is 0 Å². The largest absolute Gasteiger partial charge is 0.463 e. The van der Waals surface area contributed by atoms with Crippen molar-refractivity contribution in [2.24, 2.45) is 5.92 Å². The molecule has 0 fully saturated rings. The van der Waals surface area contributed by atoms with Crippen LogP contribution in [0.1, 0.15) is 26.2 Å². The normalized spacial score (nSPS) is 15.0. The van der Waals surface area contributed by atoms with E-state index in [9.17, 15) is 4.79 Å². The van der Waals surface area contributed by atoms with E-state index < -0.39 is 0 Å². The molecular weight excluding hydrogens is 272 g/mol. The van der Waals surface area contributed by atoms with Crippen LogP contribution in [-0.4, -0.2) is 45.8 Å². The summed E-state index contributed by atoms with van der Waals surface area (Å²) in [7, 11) is 3.19. The predicted octanol–water partition coefficient (Wildman–Crippen LogP) is 2.71. The van der Waals surface area contributed by atoms with Crippen LogP contribution in [0.5, 0.6) is 0 Å². The first kappa shape index (κ1) is 19.8. The van der Waals surface area contributed by atoms with Crippen LogP contribution in [-0.2, 0) is 23.7 Å². The van der Waals surface area contributed by atoms with Crippen LogP contribution in [0.25, 0.3) is 0 Å². The molecule has 0 N–H and O–H groups in total. The molecule has 5 nitrogen and oxygen atoms in total. The second kappa shape index (κ2) is 12.6. The molecule has 0 aliphatic heterocycles. The van der Waals surface area contributed by atoms with E-state index in [2.05, 4.69) is 13.2 Å². The third kappa shape index (κ3) is 10.2. The van der Waals surface area contributed by atoms with Gasteiger partial charge in [0.15, 0.2) is 0 Å². The summed E-state index contributed by atoms with van der Waals surface area (Å²) in [6, 6.07) is 0. The zero-order chi connectivity index (χ0) is 16.1. The molecule has 0 aromatic carbocycles. The molecule has 0 unspecified atom stereocenters. The van der Waals surface area contributed by atoms with Crippen LogP contribution in [0.4, 0.5) is 0 Å². The van der Waals surface area contributed by atoms with Crippen molar-refractivity contribution in [1.29, 1.82) is 0 Å². The highest BCUT2D eigenvalue weighted by Gasteiger charge is 2.15. The number of methoxy groups -OCH3 is 2. The minimum absolute atomic E-state index is 0.169. The Balaban J connectivity index is 4.00. The molecule has 21 heavy (non-hydrogen) atoms. The van der Waals surface area contributed by atoms with Gasteiger partial charge in [-0.25, -0.2) is 0 Å². The van der Waals surface area contributed by atoms with E-state index in [1.165, 1.54) is 0 Å². The molecule has 0 spiro atoms. The minimum atomic E-state index is -0.240. The molecule has 0 rings (SSSR count). The lowest BCUT2D eigenvalue weighted by Gasteiger charge is -2.18. The number of esters is 1. The molecular formula is C16H28O5. The van der Waals surface area contributed by atoms with Gasteiger partial charge in [-0.15, -0.1) is 13.2 Å². The van der Waals surface area contributed by atoms with Gasteiger partial charge in [-0.2, -0.15) is 0 Å². The lowest BCUT2D eigenvalue weighted by molar-refractivity contribution is -0.150. The Kier molecular flexibility index (Phi) is 11.9. The fraction of sp³-hybridized carbons (Fsp3) is 0.688. The van der Waals surface area contributed by atoms with Gasteiger partial charge in [-0.1, -0.05) is 12.2 Å². The van der Waals surface area contributed by atoms with Crippen LogP contribution in [0.2, 0.25) is 0 Å². The monoisotopic (exact) mass is 300 g/mol. The van der Waals surface area contributed by atoms with Gasteiger partial charge in [0.1, 0.15) is 6.79 Å². The van der Waals surface area contributed by atoms with Crippen molar-refractivity contribution in [2.45, 2.75) is 38.4 Å². The van der Waals surface area contributed by atoms with Crippen molar-refractivity contribution in [1.82, 2.24) is 0 Å². The van der Waals surface area contributed by atoms with E-state index in [0.29, 0.717) is 19.4 Å². The van der Waals surface area contributed by atoms with E-state index in [4.69, 9.17) is 18.9 Å². The predicted molar refractivity (Wildman–Crippen MR) is 81.9 cm³/mol. The van der Waals surface area contributed by atoms with Crippen LogP contribution in [0.15, 0.2) is 25.3 Å². The molecule has 5 heteroatoms. The highest BCUT2D eigenvalue weighted by Crippen LogP contribution is 2.13. The molecule has 3 atom stereocenters. The average molecular weight is 300 g/mol. The number of ether oxygens (including phenoxy) is 4. The summed E-state index contributed by atoms with van der Waals surface area (Å²) in [6.45, 7) is 10.0. The Bertz CT molecular complexity index is 303. The SMILES string of the molecule is C=C[C@@H](COC)C[C@@H](C)OC(=O)CC[C@@H](C=C)OCOC. The van der Waals surface area contributed by atoms with Crippen molar-refractivity contribution < 1.29 is 23.7 Å². The molecule has 0 aromatic rings. The molecule has 0 amide bonds. The van der Waals surface area contributed by atoms with Crippen molar-refractivity contribution in [2.75, 3.05) is 27.6 Å². The van der Waals surface area contributed by atoms with E-state index >= 15 is 0 Å². The van der Waals surface area contributed by atoms with Gasteiger partial charge in [-0.3, -0.25) is 4.79 Å². The van der Waals surface area contributed by atoms with E-state index in [-0.39, 0.29) is 37.3 Å². The quantitative estimate of drug-likeness (QED) is 0.297. The maximum atomic E-state index is 11.8. The third-order valence-corrected chi connectivity index (χ3v) is 2.98. The molecule has 0 aliphatic rings. The van der Waals surface area contributed by atoms with Crippen LogP contribution in [0, 0.1) is 5.92 Å². The minimum Gasteiger partial charge on any atom is -0.463 e. The maximum absolute atomic E-state index is 11.8. The van der Waals surface area contributed by atoms with Gasteiger partial charge in [0, 0.05) is 26.6 Å².